The summed E-state index contributed by atoms with van der Waals surface area (Å²) in [5.41, 5.74) is 1.76. The van der Waals surface area contributed by atoms with Gasteiger partial charge in [0.1, 0.15) is 5.82 Å². The number of piperazine rings is 1. The van der Waals surface area contributed by atoms with Crippen LogP contribution >= 0.6 is 0 Å². The molecule has 1 atom stereocenters. The average molecular weight is 309 g/mol. The Morgan fingerprint density at radius 3 is 2.96 bits per heavy atom. The normalized spacial score (nSPS) is 18.5. The van der Waals surface area contributed by atoms with E-state index in [-0.39, 0.29) is 0 Å². The maximum atomic E-state index is 4.84. The molecule has 1 saturated heterocycles. The van der Waals surface area contributed by atoms with Crippen molar-refractivity contribution < 1.29 is 0 Å². The largest absolute Gasteiger partial charge is 0.353 e. The molecule has 1 N–H and O–H groups in total. The van der Waals surface area contributed by atoms with Crippen LogP contribution in [0.15, 0.2) is 30.7 Å². The van der Waals surface area contributed by atoms with Gasteiger partial charge >= 0.3 is 0 Å². The van der Waals surface area contributed by atoms with Crippen LogP contribution in [0.1, 0.15) is 6.92 Å². The first kappa shape index (κ1) is 14.1. The molecule has 4 rings (SSSR count). The van der Waals surface area contributed by atoms with Crippen molar-refractivity contribution in [2.24, 2.45) is 7.05 Å². The number of rotatable bonds is 2. The van der Waals surface area contributed by atoms with Crippen LogP contribution in [0.2, 0.25) is 0 Å². The lowest BCUT2D eigenvalue weighted by atomic mass is 10.2. The average Bonchev–Trinajstić information content (AvgIpc) is 2.96. The van der Waals surface area contributed by atoms with Gasteiger partial charge in [-0.1, -0.05) is 0 Å². The quantitative estimate of drug-likeness (QED) is 0.767. The molecule has 0 spiro atoms. The molecule has 3 aromatic rings. The fraction of sp³-hybridized carbons (Fsp3) is 0.375. The predicted molar refractivity (Wildman–Crippen MR) is 89.2 cm³/mol. The number of aromatic nitrogens is 5. The minimum Gasteiger partial charge on any atom is -0.353 e. The SMILES string of the molecule is C[C@H]1CN(c2nc(-c3cccnc3)nc3c2cnn3C)CCN1. The van der Waals surface area contributed by atoms with Gasteiger partial charge in [0.05, 0.1) is 11.6 Å². The van der Waals surface area contributed by atoms with Crippen LogP contribution in [0.5, 0.6) is 0 Å². The van der Waals surface area contributed by atoms with E-state index in [1.807, 2.05) is 25.4 Å². The van der Waals surface area contributed by atoms with Crippen molar-refractivity contribution in [2.75, 3.05) is 24.5 Å². The number of pyridine rings is 1. The van der Waals surface area contributed by atoms with Gasteiger partial charge < -0.3 is 10.2 Å². The number of aryl methyl sites for hydroxylation is 1. The summed E-state index contributed by atoms with van der Waals surface area (Å²) in [6, 6.07) is 4.32. The molecule has 1 aliphatic heterocycles. The fourth-order valence-electron chi connectivity index (χ4n) is 3.00. The Morgan fingerprint density at radius 1 is 1.26 bits per heavy atom. The Bertz CT molecular complexity index is 827. The summed E-state index contributed by atoms with van der Waals surface area (Å²) in [6.45, 7) is 5.00. The van der Waals surface area contributed by atoms with E-state index >= 15 is 0 Å². The molecule has 3 aromatic heterocycles. The van der Waals surface area contributed by atoms with Gasteiger partial charge in [-0.05, 0) is 19.1 Å². The van der Waals surface area contributed by atoms with Crippen LogP contribution in [-0.4, -0.2) is 50.4 Å². The first-order valence-electron chi connectivity index (χ1n) is 7.81. The van der Waals surface area contributed by atoms with E-state index in [0.717, 1.165) is 42.0 Å². The molecular weight excluding hydrogens is 290 g/mol. The zero-order chi connectivity index (χ0) is 15.8. The lowest BCUT2D eigenvalue weighted by Gasteiger charge is -2.33. The highest BCUT2D eigenvalue weighted by molar-refractivity contribution is 5.88. The molecule has 0 bridgehead atoms. The van der Waals surface area contributed by atoms with Gasteiger partial charge in [0.2, 0.25) is 0 Å². The summed E-state index contributed by atoms with van der Waals surface area (Å²) in [7, 11) is 1.91. The van der Waals surface area contributed by atoms with Crippen LogP contribution < -0.4 is 10.2 Å². The second-order valence-electron chi connectivity index (χ2n) is 5.92. The molecule has 23 heavy (non-hydrogen) atoms. The molecule has 7 heteroatoms. The minimum absolute atomic E-state index is 0.437. The van der Waals surface area contributed by atoms with E-state index in [2.05, 4.69) is 32.2 Å². The van der Waals surface area contributed by atoms with Crippen molar-refractivity contribution >= 4 is 16.9 Å². The number of fused-ring (bicyclic) bond motifs is 1. The topological polar surface area (TPSA) is 71.8 Å². The number of hydrogen-bond donors (Lipinski definition) is 1. The van der Waals surface area contributed by atoms with Crippen molar-refractivity contribution in [2.45, 2.75) is 13.0 Å². The number of nitrogens with zero attached hydrogens (tertiary/aromatic N) is 6. The summed E-state index contributed by atoms with van der Waals surface area (Å²) in [5.74, 6) is 1.64. The van der Waals surface area contributed by atoms with Crippen molar-refractivity contribution in [3.8, 4) is 11.4 Å². The summed E-state index contributed by atoms with van der Waals surface area (Å²) in [4.78, 5) is 16.0. The molecule has 0 aliphatic carbocycles. The monoisotopic (exact) mass is 309 g/mol. The molecule has 0 saturated carbocycles. The third-order valence-corrected chi connectivity index (χ3v) is 4.16. The molecule has 7 nitrogen and oxygen atoms in total. The van der Waals surface area contributed by atoms with Crippen molar-refractivity contribution in [3.63, 3.8) is 0 Å². The molecular formula is C16H19N7. The lowest BCUT2D eigenvalue weighted by Crippen LogP contribution is -2.49. The lowest BCUT2D eigenvalue weighted by molar-refractivity contribution is 0.483. The van der Waals surface area contributed by atoms with Gasteiger partial charge in [-0.2, -0.15) is 5.10 Å². The number of nitrogens with one attached hydrogen (secondary N) is 1. The molecule has 118 valence electrons. The number of anilines is 1. The Morgan fingerprint density at radius 2 is 2.17 bits per heavy atom. The Hall–Kier alpha value is -2.54. The van der Waals surface area contributed by atoms with Crippen LogP contribution in [0.4, 0.5) is 5.82 Å². The summed E-state index contributed by atoms with van der Waals surface area (Å²) in [6.07, 6.45) is 5.40. The van der Waals surface area contributed by atoms with Gasteiger partial charge in [-0.15, -0.1) is 0 Å². The highest BCUT2D eigenvalue weighted by atomic mass is 15.3. The summed E-state index contributed by atoms with van der Waals surface area (Å²) < 4.78 is 1.80. The molecule has 4 heterocycles. The van der Waals surface area contributed by atoms with Gasteiger partial charge in [-0.3, -0.25) is 9.67 Å². The van der Waals surface area contributed by atoms with E-state index in [9.17, 15) is 0 Å². The first-order valence-corrected chi connectivity index (χ1v) is 7.81. The van der Waals surface area contributed by atoms with E-state index in [1.54, 1.807) is 17.1 Å². The minimum atomic E-state index is 0.437. The second-order valence-corrected chi connectivity index (χ2v) is 5.92. The summed E-state index contributed by atoms with van der Waals surface area (Å²) in [5, 5.41) is 8.82. The van der Waals surface area contributed by atoms with E-state index in [0.29, 0.717) is 11.9 Å². The predicted octanol–water partition coefficient (Wildman–Crippen LogP) is 1.22. The molecule has 0 amide bonds. The highest BCUT2D eigenvalue weighted by Crippen LogP contribution is 2.27. The third-order valence-electron chi connectivity index (χ3n) is 4.16. The van der Waals surface area contributed by atoms with Gasteiger partial charge in [0.15, 0.2) is 11.5 Å². The molecule has 0 radical (unpaired) electrons. The van der Waals surface area contributed by atoms with E-state index < -0.39 is 0 Å². The Labute approximate surface area is 134 Å². The van der Waals surface area contributed by atoms with Crippen LogP contribution in [0.3, 0.4) is 0 Å². The van der Waals surface area contributed by atoms with Gasteiger partial charge in [0, 0.05) is 50.7 Å². The second kappa shape index (κ2) is 5.58. The van der Waals surface area contributed by atoms with E-state index in [1.165, 1.54) is 0 Å². The maximum absolute atomic E-state index is 4.84. The molecule has 0 unspecified atom stereocenters. The Kier molecular flexibility index (Phi) is 3.42. The first-order chi connectivity index (χ1) is 11.2. The van der Waals surface area contributed by atoms with E-state index in [4.69, 9.17) is 4.98 Å². The van der Waals surface area contributed by atoms with Crippen molar-refractivity contribution in [1.29, 1.82) is 0 Å². The molecule has 1 fully saturated rings. The molecule has 1 aliphatic rings. The highest BCUT2D eigenvalue weighted by Gasteiger charge is 2.22. The molecule has 0 aromatic carbocycles. The maximum Gasteiger partial charge on any atom is 0.165 e. The third kappa shape index (κ3) is 2.53. The van der Waals surface area contributed by atoms with Crippen LogP contribution in [0.25, 0.3) is 22.4 Å². The standard InChI is InChI=1S/C16H19N7/c1-11-10-23(7-6-18-11)16-13-9-19-22(2)15(13)20-14(21-16)12-4-3-5-17-8-12/h3-5,8-9,11,18H,6-7,10H2,1-2H3/t11-/m0/s1. The Balaban J connectivity index is 1.88. The van der Waals surface area contributed by atoms with Crippen LogP contribution in [0, 0.1) is 0 Å². The van der Waals surface area contributed by atoms with Crippen LogP contribution in [-0.2, 0) is 7.05 Å². The zero-order valence-corrected chi connectivity index (χ0v) is 13.3. The van der Waals surface area contributed by atoms with Gasteiger partial charge in [-0.25, -0.2) is 9.97 Å². The fourth-order valence-corrected chi connectivity index (χ4v) is 3.00. The number of hydrogen-bond acceptors (Lipinski definition) is 6. The zero-order valence-electron chi connectivity index (χ0n) is 13.3. The summed E-state index contributed by atoms with van der Waals surface area (Å²) >= 11 is 0. The van der Waals surface area contributed by atoms with Crippen molar-refractivity contribution in [3.05, 3.63) is 30.7 Å². The smallest absolute Gasteiger partial charge is 0.165 e. The van der Waals surface area contributed by atoms with Gasteiger partial charge in [0.25, 0.3) is 0 Å². The van der Waals surface area contributed by atoms with Crippen molar-refractivity contribution in [1.82, 2.24) is 30.0 Å².